The van der Waals surface area contributed by atoms with Crippen LogP contribution in [0.3, 0.4) is 0 Å². The van der Waals surface area contributed by atoms with Gasteiger partial charge in [-0.05, 0) is 52.4 Å². The normalized spacial score (nSPS) is 12.0. The molecule has 0 aliphatic rings. The Morgan fingerprint density at radius 1 is 1.34 bits per heavy atom. The molecule has 0 radical (unpaired) electrons. The van der Waals surface area contributed by atoms with Crippen molar-refractivity contribution in [1.82, 2.24) is 19.6 Å². The van der Waals surface area contributed by atoms with Gasteiger partial charge in [0.1, 0.15) is 6.04 Å². The molecule has 1 N–H and O–H groups in total. The summed E-state index contributed by atoms with van der Waals surface area (Å²) in [6.45, 7) is 3.62. The lowest BCUT2D eigenvalue weighted by Gasteiger charge is -2.10. The van der Waals surface area contributed by atoms with Crippen molar-refractivity contribution in [3.05, 3.63) is 66.4 Å². The number of carbonyl (C=O) groups excluding carboxylic acids is 1. The Morgan fingerprint density at radius 2 is 2.07 bits per heavy atom. The van der Waals surface area contributed by atoms with E-state index in [1.807, 2.05) is 0 Å². The highest BCUT2D eigenvalue weighted by molar-refractivity contribution is 9.10. The molecule has 152 valence electrons. The maximum Gasteiger partial charge on any atom is 0.390 e. The van der Waals surface area contributed by atoms with E-state index in [9.17, 15) is 14.9 Å². The number of aromatic nitrogens is 4. The number of benzene rings is 1. The summed E-state index contributed by atoms with van der Waals surface area (Å²) in [5.41, 5.74) is 1.32. The second kappa shape index (κ2) is 8.52. The van der Waals surface area contributed by atoms with Crippen molar-refractivity contribution < 1.29 is 9.72 Å². The minimum absolute atomic E-state index is 0.311. The van der Waals surface area contributed by atoms with Crippen LogP contribution in [0.1, 0.15) is 24.2 Å². The maximum atomic E-state index is 12.6. The molecule has 29 heavy (non-hydrogen) atoms. The van der Waals surface area contributed by atoms with Gasteiger partial charge in [0.15, 0.2) is 5.82 Å². The molecule has 9 nitrogen and oxygen atoms in total. The SMILES string of the molecule is Cc1cc([N+](=O)[O-])nn1C(C)C(=O)Nc1nn(Cc2ccc(Cl)cc2Cl)cc1Br. The van der Waals surface area contributed by atoms with E-state index in [0.29, 0.717) is 32.6 Å². The summed E-state index contributed by atoms with van der Waals surface area (Å²) in [4.78, 5) is 22.9. The van der Waals surface area contributed by atoms with Crippen LogP contribution in [0.15, 0.2) is 34.9 Å². The van der Waals surface area contributed by atoms with Crippen molar-refractivity contribution in [2.24, 2.45) is 0 Å². The number of amides is 1. The third-order valence-corrected chi connectivity index (χ3v) is 5.32. The second-order valence-electron chi connectivity index (χ2n) is 6.27. The molecule has 0 aliphatic heterocycles. The summed E-state index contributed by atoms with van der Waals surface area (Å²) in [7, 11) is 0. The van der Waals surface area contributed by atoms with E-state index in [2.05, 4.69) is 31.4 Å². The Labute approximate surface area is 183 Å². The highest BCUT2D eigenvalue weighted by atomic mass is 79.9. The van der Waals surface area contributed by atoms with Crippen molar-refractivity contribution in [3.63, 3.8) is 0 Å². The zero-order valence-electron chi connectivity index (χ0n) is 15.3. The molecular formula is C17H15BrCl2N6O3. The summed E-state index contributed by atoms with van der Waals surface area (Å²) in [6.07, 6.45) is 1.70. The van der Waals surface area contributed by atoms with Gasteiger partial charge >= 0.3 is 5.82 Å². The number of aryl methyl sites for hydroxylation is 1. The molecule has 1 amide bonds. The number of carbonyl (C=O) groups is 1. The molecule has 0 aliphatic carbocycles. The van der Waals surface area contributed by atoms with Gasteiger partial charge in [-0.25, -0.2) is 0 Å². The van der Waals surface area contributed by atoms with Gasteiger partial charge in [0.05, 0.1) is 27.9 Å². The average molecular weight is 502 g/mol. The second-order valence-corrected chi connectivity index (χ2v) is 7.97. The Bertz CT molecular complexity index is 1100. The lowest BCUT2D eigenvalue weighted by atomic mass is 10.2. The lowest BCUT2D eigenvalue weighted by Crippen LogP contribution is -2.25. The van der Waals surface area contributed by atoms with Crippen LogP contribution in [-0.2, 0) is 11.3 Å². The molecule has 1 aromatic carbocycles. The molecule has 0 saturated heterocycles. The number of rotatable bonds is 6. The molecule has 0 bridgehead atoms. The highest BCUT2D eigenvalue weighted by Crippen LogP contribution is 2.25. The average Bonchev–Trinajstić information content (AvgIpc) is 3.19. The van der Waals surface area contributed by atoms with Gasteiger partial charge < -0.3 is 15.4 Å². The van der Waals surface area contributed by atoms with Gasteiger partial charge in [0, 0.05) is 16.2 Å². The van der Waals surface area contributed by atoms with E-state index in [1.165, 1.54) is 10.7 Å². The standard InChI is InChI=1S/C17H15BrCl2N6O3/c1-9-5-15(26(28)29)22-25(9)10(2)17(27)21-16-13(18)8-24(23-16)7-11-3-4-12(19)6-14(11)20/h3-6,8,10H,7H2,1-2H3,(H,21,23,27). The molecule has 12 heteroatoms. The number of nitrogens with one attached hydrogen (secondary N) is 1. The topological polar surface area (TPSA) is 108 Å². The minimum atomic E-state index is -0.772. The van der Waals surface area contributed by atoms with Gasteiger partial charge in [-0.2, -0.15) is 9.78 Å². The van der Waals surface area contributed by atoms with Gasteiger partial charge in [-0.15, -0.1) is 0 Å². The highest BCUT2D eigenvalue weighted by Gasteiger charge is 2.25. The fourth-order valence-corrected chi connectivity index (χ4v) is 3.55. The third kappa shape index (κ3) is 4.77. The predicted octanol–water partition coefficient (Wildman–Crippen LogP) is 4.61. The van der Waals surface area contributed by atoms with Gasteiger partial charge in [0.25, 0.3) is 5.91 Å². The van der Waals surface area contributed by atoms with Crippen LogP contribution < -0.4 is 5.32 Å². The van der Waals surface area contributed by atoms with Crippen LogP contribution in [0.4, 0.5) is 11.6 Å². The molecule has 1 atom stereocenters. The largest absolute Gasteiger partial charge is 0.390 e. The Kier molecular flexibility index (Phi) is 6.25. The molecule has 0 spiro atoms. The first-order valence-corrected chi connectivity index (χ1v) is 9.89. The van der Waals surface area contributed by atoms with Crippen molar-refractivity contribution >= 4 is 56.7 Å². The number of halogens is 3. The molecule has 2 heterocycles. The number of anilines is 1. The zero-order chi connectivity index (χ0) is 21.3. The van der Waals surface area contributed by atoms with Crippen LogP contribution in [0.25, 0.3) is 0 Å². The van der Waals surface area contributed by atoms with Crippen LogP contribution in [0.5, 0.6) is 0 Å². The van der Waals surface area contributed by atoms with Crippen molar-refractivity contribution in [2.75, 3.05) is 5.32 Å². The Balaban J connectivity index is 1.75. The third-order valence-electron chi connectivity index (χ3n) is 4.15. The van der Waals surface area contributed by atoms with Gasteiger partial charge in [0.2, 0.25) is 0 Å². The number of hydrogen-bond acceptors (Lipinski definition) is 5. The molecule has 3 aromatic rings. The smallest absolute Gasteiger partial charge is 0.358 e. The van der Waals surface area contributed by atoms with E-state index in [1.54, 1.807) is 42.9 Å². The summed E-state index contributed by atoms with van der Waals surface area (Å²) >= 11 is 15.5. The monoisotopic (exact) mass is 500 g/mol. The fourth-order valence-electron chi connectivity index (χ4n) is 2.67. The molecular weight excluding hydrogens is 487 g/mol. The van der Waals surface area contributed by atoms with Crippen LogP contribution >= 0.6 is 39.1 Å². The van der Waals surface area contributed by atoms with E-state index in [4.69, 9.17) is 23.2 Å². The number of nitro groups is 1. The molecule has 2 aromatic heterocycles. The molecule has 1 unspecified atom stereocenters. The molecule has 0 saturated carbocycles. The van der Waals surface area contributed by atoms with E-state index < -0.39 is 16.9 Å². The summed E-state index contributed by atoms with van der Waals surface area (Å²) < 4.78 is 3.49. The number of nitrogens with zero attached hydrogens (tertiary/aromatic N) is 5. The van der Waals surface area contributed by atoms with E-state index >= 15 is 0 Å². The summed E-state index contributed by atoms with van der Waals surface area (Å²) in [6, 6.07) is 5.72. The lowest BCUT2D eigenvalue weighted by molar-refractivity contribution is -0.389. The quantitative estimate of drug-likeness (QED) is 0.391. The Morgan fingerprint density at radius 3 is 2.69 bits per heavy atom. The van der Waals surface area contributed by atoms with Crippen LogP contribution in [0, 0.1) is 17.0 Å². The van der Waals surface area contributed by atoms with Gasteiger partial charge in [-0.3, -0.25) is 9.48 Å². The molecule has 0 fully saturated rings. The first-order valence-electron chi connectivity index (χ1n) is 8.34. The summed E-state index contributed by atoms with van der Waals surface area (Å²) in [5, 5.41) is 22.9. The minimum Gasteiger partial charge on any atom is -0.358 e. The van der Waals surface area contributed by atoms with Crippen molar-refractivity contribution in [3.8, 4) is 0 Å². The number of hydrogen-bond donors (Lipinski definition) is 1. The van der Waals surface area contributed by atoms with Gasteiger partial charge in [-0.1, -0.05) is 29.3 Å². The first-order chi connectivity index (χ1) is 13.7. The zero-order valence-corrected chi connectivity index (χ0v) is 18.4. The maximum absolute atomic E-state index is 12.6. The van der Waals surface area contributed by atoms with E-state index in [-0.39, 0.29) is 5.82 Å². The fraction of sp³-hybridized carbons (Fsp3) is 0.235. The van der Waals surface area contributed by atoms with Crippen molar-refractivity contribution in [1.29, 1.82) is 0 Å². The predicted molar refractivity (Wildman–Crippen MR) is 112 cm³/mol. The van der Waals surface area contributed by atoms with Crippen LogP contribution in [0.2, 0.25) is 10.0 Å². The van der Waals surface area contributed by atoms with E-state index in [0.717, 1.165) is 5.56 Å². The van der Waals surface area contributed by atoms with Crippen LogP contribution in [-0.4, -0.2) is 30.4 Å². The van der Waals surface area contributed by atoms with Crippen molar-refractivity contribution in [2.45, 2.75) is 26.4 Å². The first kappa shape index (κ1) is 21.3. The Hall–Kier alpha value is -2.43. The molecule has 3 rings (SSSR count). The summed E-state index contributed by atoms with van der Waals surface area (Å²) in [5.74, 6) is -0.416.